The Balaban J connectivity index is 2.08. The molecule has 2 rings (SSSR count). The van der Waals surface area contributed by atoms with Gasteiger partial charge in [-0.1, -0.05) is 43.8 Å². The summed E-state index contributed by atoms with van der Waals surface area (Å²) in [6.45, 7) is 8.71. The first-order valence-corrected chi connectivity index (χ1v) is 6.61. The van der Waals surface area contributed by atoms with Gasteiger partial charge in [0, 0.05) is 0 Å². The molecule has 0 aliphatic carbocycles. The molecule has 1 nitrogen and oxygen atoms in total. The van der Waals surface area contributed by atoms with Gasteiger partial charge in [0.1, 0.15) is 0 Å². The van der Waals surface area contributed by atoms with Crippen LogP contribution in [-0.2, 0) is 0 Å². The summed E-state index contributed by atoms with van der Waals surface area (Å²) in [6, 6.07) is 8.82. The maximum Gasteiger partial charge on any atom is -0.00189 e. The monoisotopic (exact) mass is 229 g/mol. The fraction of sp³-hybridized carbons (Fsp3) is 0.500. The molecule has 1 fully saturated rings. The van der Waals surface area contributed by atoms with Crippen LogP contribution in [0.1, 0.15) is 36.8 Å². The van der Waals surface area contributed by atoms with Crippen molar-refractivity contribution < 1.29 is 0 Å². The normalized spacial score (nSPS) is 20.1. The molecule has 1 aliphatic rings. The molecule has 0 saturated carbocycles. The SMILES string of the molecule is C=Cc1cccc(C(C)C2CCN(C)CC2)c1. The Labute approximate surface area is 105 Å². The van der Waals surface area contributed by atoms with Gasteiger partial charge in [0.15, 0.2) is 0 Å². The Kier molecular flexibility index (Phi) is 4.01. The van der Waals surface area contributed by atoms with Crippen LogP contribution in [0.25, 0.3) is 6.08 Å². The molecule has 1 atom stereocenters. The molecular formula is C16H23N. The van der Waals surface area contributed by atoms with Crippen molar-refractivity contribution in [2.45, 2.75) is 25.7 Å². The van der Waals surface area contributed by atoms with E-state index in [0.29, 0.717) is 5.92 Å². The molecule has 1 aromatic carbocycles. The third kappa shape index (κ3) is 2.98. The highest BCUT2D eigenvalue weighted by molar-refractivity contribution is 5.48. The molecule has 1 aromatic rings. The predicted molar refractivity (Wildman–Crippen MR) is 75.2 cm³/mol. The standard InChI is InChI=1S/C16H23N/c1-4-14-6-5-7-16(12-14)13(2)15-8-10-17(3)11-9-15/h4-7,12-13,15H,1,8-11H2,2-3H3. The smallest absolute Gasteiger partial charge is 0.00189 e. The van der Waals surface area contributed by atoms with Crippen molar-refractivity contribution >= 4 is 6.08 Å². The van der Waals surface area contributed by atoms with Crippen LogP contribution in [0.15, 0.2) is 30.8 Å². The first-order valence-electron chi connectivity index (χ1n) is 6.61. The molecule has 0 amide bonds. The summed E-state index contributed by atoms with van der Waals surface area (Å²) in [4.78, 5) is 2.43. The molecule has 1 saturated heterocycles. The van der Waals surface area contributed by atoms with E-state index in [9.17, 15) is 0 Å². The van der Waals surface area contributed by atoms with Crippen molar-refractivity contribution in [2.75, 3.05) is 20.1 Å². The average Bonchev–Trinajstić information content (AvgIpc) is 2.39. The van der Waals surface area contributed by atoms with E-state index in [-0.39, 0.29) is 0 Å². The summed E-state index contributed by atoms with van der Waals surface area (Å²) in [5.74, 6) is 1.51. The van der Waals surface area contributed by atoms with Gasteiger partial charge in [-0.15, -0.1) is 0 Å². The highest BCUT2D eigenvalue weighted by Crippen LogP contribution is 2.32. The van der Waals surface area contributed by atoms with Crippen molar-refractivity contribution in [2.24, 2.45) is 5.92 Å². The van der Waals surface area contributed by atoms with Crippen LogP contribution in [0, 0.1) is 5.92 Å². The lowest BCUT2D eigenvalue weighted by molar-refractivity contribution is 0.202. The van der Waals surface area contributed by atoms with E-state index in [1.54, 1.807) is 0 Å². The van der Waals surface area contributed by atoms with Crippen LogP contribution in [-0.4, -0.2) is 25.0 Å². The number of hydrogen-bond acceptors (Lipinski definition) is 1. The second-order valence-corrected chi connectivity index (χ2v) is 5.30. The summed E-state index contributed by atoms with van der Waals surface area (Å²) < 4.78 is 0. The van der Waals surface area contributed by atoms with E-state index >= 15 is 0 Å². The molecule has 0 aromatic heterocycles. The fourth-order valence-electron chi connectivity index (χ4n) is 2.77. The van der Waals surface area contributed by atoms with Crippen LogP contribution in [0.2, 0.25) is 0 Å². The summed E-state index contributed by atoms with van der Waals surface area (Å²) in [5.41, 5.74) is 2.71. The van der Waals surface area contributed by atoms with Crippen LogP contribution in [0.3, 0.4) is 0 Å². The summed E-state index contributed by atoms with van der Waals surface area (Å²) in [7, 11) is 2.22. The van der Waals surface area contributed by atoms with Crippen LogP contribution in [0.4, 0.5) is 0 Å². The molecule has 17 heavy (non-hydrogen) atoms. The quantitative estimate of drug-likeness (QED) is 0.762. The molecule has 1 unspecified atom stereocenters. The molecule has 1 aliphatic heterocycles. The maximum atomic E-state index is 3.85. The number of hydrogen-bond donors (Lipinski definition) is 0. The molecule has 0 radical (unpaired) electrons. The summed E-state index contributed by atoms with van der Waals surface area (Å²) in [6.07, 6.45) is 4.59. The number of piperidine rings is 1. The molecule has 92 valence electrons. The van der Waals surface area contributed by atoms with Gasteiger partial charge < -0.3 is 4.90 Å². The zero-order chi connectivity index (χ0) is 12.3. The Bertz CT molecular complexity index is 375. The van der Waals surface area contributed by atoms with E-state index in [2.05, 4.69) is 49.7 Å². The lowest BCUT2D eigenvalue weighted by Gasteiger charge is -2.33. The van der Waals surface area contributed by atoms with E-state index in [1.165, 1.54) is 37.1 Å². The van der Waals surface area contributed by atoms with Gasteiger partial charge in [-0.05, 0) is 55.9 Å². The third-order valence-electron chi connectivity index (χ3n) is 4.14. The highest BCUT2D eigenvalue weighted by Gasteiger charge is 2.23. The first-order chi connectivity index (χ1) is 8.20. The van der Waals surface area contributed by atoms with Crippen molar-refractivity contribution in [1.82, 2.24) is 4.90 Å². The summed E-state index contributed by atoms with van der Waals surface area (Å²) >= 11 is 0. The van der Waals surface area contributed by atoms with E-state index in [4.69, 9.17) is 0 Å². The molecule has 1 heterocycles. The summed E-state index contributed by atoms with van der Waals surface area (Å²) in [5, 5.41) is 0. The average molecular weight is 229 g/mol. The number of likely N-dealkylation sites (tertiary alicyclic amines) is 1. The van der Waals surface area contributed by atoms with Gasteiger partial charge in [0.25, 0.3) is 0 Å². The highest BCUT2D eigenvalue weighted by atomic mass is 15.1. The third-order valence-corrected chi connectivity index (χ3v) is 4.14. The van der Waals surface area contributed by atoms with E-state index in [1.807, 2.05) is 6.08 Å². The zero-order valence-corrected chi connectivity index (χ0v) is 11.0. The predicted octanol–water partition coefficient (Wildman–Crippen LogP) is 3.77. The fourth-order valence-corrected chi connectivity index (χ4v) is 2.77. The second-order valence-electron chi connectivity index (χ2n) is 5.30. The van der Waals surface area contributed by atoms with Crippen LogP contribution < -0.4 is 0 Å². The van der Waals surface area contributed by atoms with Gasteiger partial charge in [-0.2, -0.15) is 0 Å². The Hall–Kier alpha value is -1.08. The van der Waals surface area contributed by atoms with Crippen LogP contribution >= 0.6 is 0 Å². The van der Waals surface area contributed by atoms with Gasteiger partial charge in [0.2, 0.25) is 0 Å². The lowest BCUT2D eigenvalue weighted by atomic mass is 9.81. The van der Waals surface area contributed by atoms with Gasteiger partial charge in [-0.25, -0.2) is 0 Å². The minimum Gasteiger partial charge on any atom is -0.306 e. The Morgan fingerprint density at radius 1 is 1.35 bits per heavy atom. The molecule has 0 spiro atoms. The topological polar surface area (TPSA) is 3.24 Å². The minimum absolute atomic E-state index is 0.670. The van der Waals surface area contributed by atoms with Crippen molar-refractivity contribution in [3.63, 3.8) is 0 Å². The largest absolute Gasteiger partial charge is 0.306 e. The van der Waals surface area contributed by atoms with Gasteiger partial charge in [-0.3, -0.25) is 0 Å². The number of nitrogens with zero attached hydrogens (tertiary/aromatic N) is 1. The van der Waals surface area contributed by atoms with Crippen molar-refractivity contribution in [3.05, 3.63) is 42.0 Å². The molecular weight excluding hydrogens is 206 g/mol. The van der Waals surface area contributed by atoms with Crippen molar-refractivity contribution in [1.29, 1.82) is 0 Å². The molecule has 0 bridgehead atoms. The van der Waals surface area contributed by atoms with Gasteiger partial charge >= 0.3 is 0 Å². The molecule has 1 heteroatoms. The lowest BCUT2D eigenvalue weighted by Crippen LogP contribution is -2.32. The molecule has 0 N–H and O–H groups in total. The van der Waals surface area contributed by atoms with E-state index in [0.717, 1.165) is 5.92 Å². The number of benzene rings is 1. The minimum atomic E-state index is 0.670. The van der Waals surface area contributed by atoms with E-state index < -0.39 is 0 Å². The Morgan fingerprint density at radius 3 is 2.71 bits per heavy atom. The second kappa shape index (κ2) is 5.50. The first kappa shape index (κ1) is 12.4. The Morgan fingerprint density at radius 2 is 2.06 bits per heavy atom. The van der Waals surface area contributed by atoms with Crippen molar-refractivity contribution in [3.8, 4) is 0 Å². The van der Waals surface area contributed by atoms with Crippen LogP contribution in [0.5, 0.6) is 0 Å². The number of rotatable bonds is 3. The zero-order valence-electron chi connectivity index (χ0n) is 11.0. The maximum absolute atomic E-state index is 3.85. The van der Waals surface area contributed by atoms with Gasteiger partial charge in [0.05, 0.1) is 0 Å².